The second-order valence-electron chi connectivity index (χ2n) is 7.73. The highest BCUT2D eigenvalue weighted by molar-refractivity contribution is 7.88. The molecular formula is C24H24N2O4S. The molecule has 1 aliphatic heterocycles. The van der Waals surface area contributed by atoms with Gasteiger partial charge in [0.15, 0.2) is 0 Å². The average molecular weight is 437 g/mol. The van der Waals surface area contributed by atoms with Crippen molar-refractivity contribution in [2.24, 2.45) is 0 Å². The molecule has 1 amide bonds. The van der Waals surface area contributed by atoms with E-state index in [1.54, 1.807) is 24.3 Å². The van der Waals surface area contributed by atoms with Gasteiger partial charge in [-0.1, -0.05) is 42.0 Å². The molecule has 160 valence electrons. The molecule has 6 nitrogen and oxygen atoms in total. The van der Waals surface area contributed by atoms with E-state index in [0.717, 1.165) is 28.7 Å². The van der Waals surface area contributed by atoms with Crippen LogP contribution >= 0.6 is 0 Å². The van der Waals surface area contributed by atoms with Crippen LogP contribution in [0.2, 0.25) is 0 Å². The van der Waals surface area contributed by atoms with Crippen molar-refractivity contribution in [2.75, 3.05) is 11.6 Å². The predicted octanol–water partition coefficient (Wildman–Crippen LogP) is 4.11. The van der Waals surface area contributed by atoms with E-state index in [0.29, 0.717) is 17.9 Å². The molecule has 0 aromatic heterocycles. The lowest BCUT2D eigenvalue weighted by Gasteiger charge is -2.34. The van der Waals surface area contributed by atoms with Gasteiger partial charge in [-0.05, 0) is 60.9 Å². The molecule has 0 radical (unpaired) electrons. The van der Waals surface area contributed by atoms with Gasteiger partial charge in [-0.25, -0.2) is 8.42 Å². The zero-order valence-electron chi connectivity index (χ0n) is 17.4. The Morgan fingerprint density at radius 2 is 1.52 bits per heavy atom. The number of nitrogens with one attached hydrogen (secondary N) is 1. The van der Waals surface area contributed by atoms with E-state index >= 15 is 0 Å². The molecule has 0 saturated carbocycles. The van der Waals surface area contributed by atoms with E-state index in [1.165, 1.54) is 4.31 Å². The van der Waals surface area contributed by atoms with E-state index < -0.39 is 16.1 Å². The number of hydrogen-bond donors (Lipinski definition) is 1. The maximum Gasteiger partial charge on any atom is 0.243 e. The summed E-state index contributed by atoms with van der Waals surface area (Å²) in [4.78, 5) is 13.0. The first-order valence-corrected chi connectivity index (χ1v) is 11.8. The number of ether oxygens (including phenoxy) is 1. The lowest BCUT2D eigenvalue weighted by Crippen LogP contribution is -2.50. The summed E-state index contributed by atoms with van der Waals surface area (Å²) in [5, 5.41) is 2.84. The summed E-state index contributed by atoms with van der Waals surface area (Å²) in [6.07, 6.45) is 1.47. The van der Waals surface area contributed by atoms with Gasteiger partial charge >= 0.3 is 0 Å². The number of carbonyl (C=O) groups excluding carboxylic acids is 1. The van der Waals surface area contributed by atoms with E-state index in [2.05, 4.69) is 5.32 Å². The Kier molecular flexibility index (Phi) is 5.80. The number of benzene rings is 3. The molecule has 7 heteroatoms. The SMILES string of the molecule is Cc1ccc(Oc2ccc(NC(=O)C3Cc4ccccc4CN3S(C)(=O)=O)cc2)cc1. The predicted molar refractivity (Wildman–Crippen MR) is 121 cm³/mol. The Hall–Kier alpha value is -3.16. The Morgan fingerprint density at radius 3 is 2.13 bits per heavy atom. The zero-order valence-corrected chi connectivity index (χ0v) is 18.2. The molecule has 1 atom stereocenters. The van der Waals surface area contributed by atoms with Crippen LogP contribution in [-0.4, -0.2) is 30.9 Å². The van der Waals surface area contributed by atoms with Gasteiger partial charge in [0, 0.05) is 12.2 Å². The Morgan fingerprint density at radius 1 is 0.935 bits per heavy atom. The standard InChI is InChI=1S/C24H24N2O4S/c1-17-7-11-21(12-8-17)30-22-13-9-20(10-14-22)25-24(27)23-15-18-5-3-4-6-19(18)16-26(23)31(2,28)29/h3-14,23H,15-16H2,1-2H3,(H,25,27). The first-order chi connectivity index (χ1) is 14.8. The molecule has 0 aliphatic carbocycles. The third-order valence-corrected chi connectivity index (χ3v) is 6.55. The number of fused-ring (bicyclic) bond motifs is 1. The fourth-order valence-corrected chi connectivity index (χ4v) is 4.65. The third-order valence-electron chi connectivity index (χ3n) is 5.31. The van der Waals surface area contributed by atoms with Crippen molar-refractivity contribution >= 4 is 21.6 Å². The number of sulfonamides is 1. The lowest BCUT2D eigenvalue weighted by molar-refractivity contribution is -0.120. The molecule has 0 bridgehead atoms. The minimum Gasteiger partial charge on any atom is -0.457 e. The van der Waals surface area contributed by atoms with Gasteiger partial charge in [0.2, 0.25) is 15.9 Å². The highest BCUT2D eigenvalue weighted by Gasteiger charge is 2.36. The monoisotopic (exact) mass is 436 g/mol. The van der Waals surface area contributed by atoms with Crippen LogP contribution in [0.5, 0.6) is 11.5 Å². The van der Waals surface area contributed by atoms with E-state index in [-0.39, 0.29) is 12.5 Å². The summed E-state index contributed by atoms with van der Waals surface area (Å²) in [6, 6.07) is 21.5. The van der Waals surface area contributed by atoms with E-state index in [1.807, 2.05) is 55.5 Å². The lowest BCUT2D eigenvalue weighted by atomic mass is 9.95. The van der Waals surface area contributed by atoms with Gasteiger partial charge in [-0.2, -0.15) is 4.31 Å². The van der Waals surface area contributed by atoms with Gasteiger partial charge in [0.25, 0.3) is 0 Å². The molecule has 3 aromatic rings. The first kappa shape index (κ1) is 21.1. The summed E-state index contributed by atoms with van der Waals surface area (Å²) in [5.74, 6) is 1.02. The summed E-state index contributed by atoms with van der Waals surface area (Å²) >= 11 is 0. The van der Waals surface area contributed by atoms with Crippen LogP contribution < -0.4 is 10.1 Å². The zero-order chi connectivity index (χ0) is 22.0. The number of aryl methyl sites for hydroxylation is 1. The van der Waals surface area contributed by atoms with Crippen molar-refractivity contribution in [1.82, 2.24) is 4.31 Å². The van der Waals surface area contributed by atoms with Crippen LogP contribution in [0.15, 0.2) is 72.8 Å². The molecule has 0 fully saturated rings. The highest BCUT2D eigenvalue weighted by atomic mass is 32.2. The largest absolute Gasteiger partial charge is 0.457 e. The van der Waals surface area contributed by atoms with E-state index in [4.69, 9.17) is 4.74 Å². The molecular weight excluding hydrogens is 412 g/mol. The number of amides is 1. The van der Waals surface area contributed by atoms with Crippen molar-refractivity contribution in [3.8, 4) is 11.5 Å². The van der Waals surface area contributed by atoms with Crippen LogP contribution in [-0.2, 0) is 27.8 Å². The van der Waals surface area contributed by atoms with Gasteiger partial charge in [-0.15, -0.1) is 0 Å². The summed E-state index contributed by atoms with van der Waals surface area (Å²) in [6.45, 7) is 2.20. The number of rotatable bonds is 5. The molecule has 3 aromatic carbocycles. The van der Waals surface area contributed by atoms with Crippen molar-refractivity contribution in [3.05, 3.63) is 89.5 Å². The number of anilines is 1. The smallest absolute Gasteiger partial charge is 0.243 e. The number of nitrogens with zero attached hydrogens (tertiary/aromatic N) is 1. The van der Waals surface area contributed by atoms with Crippen molar-refractivity contribution in [1.29, 1.82) is 0 Å². The van der Waals surface area contributed by atoms with Crippen LogP contribution in [0, 0.1) is 6.92 Å². The Labute approximate surface area is 182 Å². The number of hydrogen-bond acceptors (Lipinski definition) is 4. The Bertz CT molecular complexity index is 1190. The van der Waals surface area contributed by atoms with Crippen molar-refractivity contribution in [2.45, 2.75) is 25.9 Å². The quantitative estimate of drug-likeness (QED) is 0.653. The fourth-order valence-electron chi connectivity index (χ4n) is 3.65. The van der Waals surface area contributed by atoms with E-state index in [9.17, 15) is 13.2 Å². The molecule has 0 saturated heterocycles. The molecule has 31 heavy (non-hydrogen) atoms. The fraction of sp³-hybridized carbons (Fsp3) is 0.208. The summed E-state index contributed by atoms with van der Waals surface area (Å²) < 4.78 is 31.7. The van der Waals surface area contributed by atoms with Crippen LogP contribution in [0.1, 0.15) is 16.7 Å². The van der Waals surface area contributed by atoms with Gasteiger partial charge < -0.3 is 10.1 Å². The summed E-state index contributed by atoms with van der Waals surface area (Å²) in [5.41, 5.74) is 3.64. The topological polar surface area (TPSA) is 75.7 Å². The van der Waals surface area contributed by atoms with Gasteiger partial charge in [-0.3, -0.25) is 4.79 Å². The maximum absolute atomic E-state index is 13.0. The Balaban J connectivity index is 1.48. The highest BCUT2D eigenvalue weighted by Crippen LogP contribution is 2.27. The van der Waals surface area contributed by atoms with Gasteiger partial charge in [0.1, 0.15) is 17.5 Å². The minimum atomic E-state index is -3.55. The molecule has 4 rings (SSSR count). The normalized spacial score (nSPS) is 16.4. The summed E-state index contributed by atoms with van der Waals surface area (Å²) in [7, 11) is -3.55. The van der Waals surface area contributed by atoms with Gasteiger partial charge in [0.05, 0.1) is 6.26 Å². The van der Waals surface area contributed by atoms with Crippen LogP contribution in [0.4, 0.5) is 5.69 Å². The maximum atomic E-state index is 13.0. The third kappa shape index (κ3) is 4.95. The molecule has 0 spiro atoms. The molecule has 1 unspecified atom stereocenters. The molecule has 1 N–H and O–H groups in total. The average Bonchev–Trinajstić information content (AvgIpc) is 2.75. The second-order valence-corrected chi connectivity index (χ2v) is 9.66. The van der Waals surface area contributed by atoms with Crippen LogP contribution in [0.25, 0.3) is 0 Å². The van der Waals surface area contributed by atoms with Crippen molar-refractivity contribution < 1.29 is 17.9 Å². The second kappa shape index (κ2) is 8.53. The molecule has 1 aliphatic rings. The van der Waals surface area contributed by atoms with Crippen molar-refractivity contribution in [3.63, 3.8) is 0 Å². The number of carbonyl (C=O) groups is 1. The first-order valence-electron chi connectivity index (χ1n) is 9.99. The minimum absolute atomic E-state index is 0.191. The van der Waals surface area contributed by atoms with Crippen LogP contribution in [0.3, 0.4) is 0 Å². The molecule has 1 heterocycles.